The Labute approximate surface area is 229 Å². The number of hydrogen-bond donors (Lipinski definition) is 2. The summed E-state index contributed by atoms with van der Waals surface area (Å²) in [5.41, 5.74) is 0.695. The van der Waals surface area contributed by atoms with Gasteiger partial charge in [0.15, 0.2) is 5.75 Å². The number of hydrogen-bond acceptors (Lipinski definition) is 6. The highest BCUT2D eigenvalue weighted by Gasteiger charge is 2.27. The topological polar surface area (TPSA) is 131 Å². The van der Waals surface area contributed by atoms with E-state index in [2.05, 4.69) is 31.1 Å². The van der Waals surface area contributed by atoms with Crippen LogP contribution in [0.2, 0.25) is 5.02 Å². The van der Waals surface area contributed by atoms with Crippen molar-refractivity contribution >= 4 is 29.2 Å². The number of aromatic nitrogens is 1. The molecule has 0 saturated carbocycles. The van der Waals surface area contributed by atoms with Crippen molar-refractivity contribution in [2.45, 2.75) is 18.6 Å². The molecule has 1 amide bonds. The maximum Gasteiger partial charge on any atom is 0.335 e. The van der Waals surface area contributed by atoms with E-state index in [9.17, 15) is 19.6 Å². The monoisotopic (exact) mass is 545 g/mol. The second-order valence-electron chi connectivity index (χ2n) is 8.08. The van der Waals surface area contributed by atoms with Crippen molar-refractivity contribution in [3.05, 3.63) is 120 Å². The molecule has 39 heavy (non-hydrogen) atoms. The summed E-state index contributed by atoms with van der Waals surface area (Å²) in [6.07, 6.45) is 4.47. The number of benzene rings is 2. The van der Waals surface area contributed by atoms with E-state index in [0.29, 0.717) is 16.3 Å². The third kappa shape index (κ3) is 6.83. The Morgan fingerprint density at radius 1 is 1.10 bits per heavy atom. The third-order valence-corrected chi connectivity index (χ3v) is 5.91. The van der Waals surface area contributed by atoms with Crippen LogP contribution < -0.4 is 15.6 Å². The fourth-order valence-electron chi connectivity index (χ4n) is 3.82. The van der Waals surface area contributed by atoms with Gasteiger partial charge in [0.05, 0.1) is 35.9 Å². The molecule has 2 aromatic carbocycles. The van der Waals surface area contributed by atoms with Gasteiger partial charge in [0.2, 0.25) is 5.91 Å². The van der Waals surface area contributed by atoms with Crippen molar-refractivity contribution in [1.82, 2.24) is 4.57 Å². The molecule has 0 aliphatic rings. The SMILES string of the molecule is C=COc1cn(C(C[C@H](C=C)OC=C)C(=O)Nc2ccc(C(=O)O)cc2)c(=O)cc1-c1cc(Cl)ccc1C#N. The Balaban J connectivity index is 2.12. The first kappa shape index (κ1) is 28.5. The highest BCUT2D eigenvalue weighted by molar-refractivity contribution is 6.31. The van der Waals surface area contributed by atoms with E-state index in [0.717, 1.165) is 6.26 Å². The molecule has 0 fully saturated rings. The molecule has 0 radical (unpaired) electrons. The van der Waals surface area contributed by atoms with Crippen LogP contribution in [0.5, 0.6) is 5.75 Å². The van der Waals surface area contributed by atoms with Crippen LogP contribution in [0.15, 0.2) is 97.9 Å². The van der Waals surface area contributed by atoms with Gasteiger partial charge in [-0.2, -0.15) is 5.26 Å². The van der Waals surface area contributed by atoms with Crippen molar-refractivity contribution in [1.29, 1.82) is 5.26 Å². The average Bonchev–Trinajstić information content (AvgIpc) is 2.92. The van der Waals surface area contributed by atoms with Crippen LogP contribution >= 0.6 is 11.6 Å². The lowest BCUT2D eigenvalue weighted by Crippen LogP contribution is -2.35. The number of carboxylic acid groups (broad SMARTS) is 1. The molecule has 0 aliphatic heterocycles. The van der Waals surface area contributed by atoms with Crippen LogP contribution in [0.25, 0.3) is 11.1 Å². The molecule has 0 bridgehead atoms. The van der Waals surface area contributed by atoms with E-state index < -0.39 is 29.6 Å². The molecular weight excluding hydrogens is 522 g/mol. The Kier molecular flexibility index (Phi) is 9.46. The number of aromatic carboxylic acids is 1. The zero-order valence-electron chi connectivity index (χ0n) is 20.7. The van der Waals surface area contributed by atoms with Crippen LogP contribution in [-0.2, 0) is 9.53 Å². The Hall–Kier alpha value is -5.07. The highest BCUT2D eigenvalue weighted by Crippen LogP contribution is 2.34. The summed E-state index contributed by atoms with van der Waals surface area (Å²) >= 11 is 6.15. The van der Waals surface area contributed by atoms with Crippen LogP contribution in [0.1, 0.15) is 28.4 Å². The number of anilines is 1. The molecule has 1 unspecified atom stereocenters. The second-order valence-corrected chi connectivity index (χ2v) is 8.52. The molecule has 10 heteroatoms. The number of carboxylic acids is 1. The number of carbonyl (C=O) groups excluding carboxylic acids is 1. The van der Waals surface area contributed by atoms with Gasteiger partial charge in [0.1, 0.15) is 12.1 Å². The van der Waals surface area contributed by atoms with E-state index in [4.69, 9.17) is 26.2 Å². The van der Waals surface area contributed by atoms with E-state index in [1.165, 1.54) is 65.6 Å². The quantitative estimate of drug-likeness (QED) is 0.225. The summed E-state index contributed by atoms with van der Waals surface area (Å²) in [5, 5.41) is 21.8. The number of nitriles is 1. The third-order valence-electron chi connectivity index (χ3n) is 5.67. The van der Waals surface area contributed by atoms with E-state index in [1.54, 1.807) is 6.07 Å². The molecule has 9 nitrogen and oxygen atoms in total. The lowest BCUT2D eigenvalue weighted by atomic mass is 10.00. The Bertz CT molecular complexity index is 1520. The number of rotatable bonds is 12. The summed E-state index contributed by atoms with van der Waals surface area (Å²) in [5.74, 6) is -1.55. The lowest BCUT2D eigenvalue weighted by molar-refractivity contribution is -0.120. The van der Waals surface area contributed by atoms with Gasteiger partial charge in [-0.1, -0.05) is 37.4 Å². The Morgan fingerprint density at radius 3 is 2.41 bits per heavy atom. The van der Waals surface area contributed by atoms with Crippen molar-refractivity contribution in [3.8, 4) is 22.9 Å². The first-order valence-corrected chi connectivity index (χ1v) is 11.9. The van der Waals surface area contributed by atoms with Gasteiger partial charge in [0, 0.05) is 34.3 Å². The normalized spacial score (nSPS) is 11.8. The smallest absolute Gasteiger partial charge is 0.335 e. The zero-order chi connectivity index (χ0) is 28.5. The molecule has 0 aliphatic carbocycles. The average molecular weight is 546 g/mol. The second kappa shape index (κ2) is 12.9. The maximum absolute atomic E-state index is 13.5. The molecule has 1 aromatic heterocycles. The molecular formula is C29H24ClN3O6. The standard InChI is InChI=1S/C29H24ClN3O6/c1-4-22(38-5-2)14-25(28(35)32-21-11-8-18(9-12-21)29(36)37)33-17-26(39-6-3)24(15-27(33)34)23-13-20(30)10-7-19(23)16-31/h4-13,15,17,22,25H,1-3,14H2,(H,32,35)(H,36,37)/t22-,25?/m0/s1. The number of halogens is 1. The fourth-order valence-corrected chi connectivity index (χ4v) is 3.99. The lowest BCUT2D eigenvalue weighted by Gasteiger charge is -2.24. The van der Waals surface area contributed by atoms with Gasteiger partial charge in [-0.3, -0.25) is 14.2 Å². The number of ether oxygens (including phenoxy) is 2. The molecule has 0 spiro atoms. The highest BCUT2D eigenvalue weighted by atomic mass is 35.5. The molecule has 3 rings (SSSR count). The largest absolute Gasteiger partial charge is 0.495 e. The number of nitrogens with one attached hydrogen (secondary N) is 1. The minimum atomic E-state index is -1.13. The van der Waals surface area contributed by atoms with Gasteiger partial charge in [-0.05, 0) is 42.5 Å². The minimum absolute atomic E-state index is 0.0119. The molecule has 0 saturated heterocycles. The number of carbonyl (C=O) groups is 2. The molecule has 2 atom stereocenters. The molecule has 198 valence electrons. The summed E-state index contributed by atoms with van der Waals surface area (Å²) < 4.78 is 12.2. The van der Waals surface area contributed by atoms with Crippen molar-refractivity contribution < 1.29 is 24.2 Å². The van der Waals surface area contributed by atoms with E-state index in [1.807, 2.05) is 0 Å². The van der Waals surface area contributed by atoms with Gasteiger partial charge >= 0.3 is 5.97 Å². The van der Waals surface area contributed by atoms with Crippen molar-refractivity contribution in [2.75, 3.05) is 5.32 Å². The molecule has 1 heterocycles. The van der Waals surface area contributed by atoms with Crippen LogP contribution in [-0.4, -0.2) is 27.7 Å². The predicted molar refractivity (Wildman–Crippen MR) is 148 cm³/mol. The predicted octanol–water partition coefficient (Wildman–Crippen LogP) is 5.55. The summed E-state index contributed by atoms with van der Waals surface area (Å²) in [7, 11) is 0. The van der Waals surface area contributed by atoms with Gasteiger partial charge in [-0.25, -0.2) is 4.79 Å². The maximum atomic E-state index is 13.5. The first-order chi connectivity index (χ1) is 18.7. The number of nitrogens with zero attached hydrogens (tertiary/aromatic N) is 2. The molecule has 2 N–H and O–H groups in total. The van der Waals surface area contributed by atoms with E-state index in [-0.39, 0.29) is 28.9 Å². The van der Waals surface area contributed by atoms with E-state index >= 15 is 0 Å². The summed E-state index contributed by atoms with van der Waals surface area (Å²) in [6.45, 7) is 10.8. The summed E-state index contributed by atoms with van der Waals surface area (Å²) in [6, 6.07) is 12.3. The zero-order valence-corrected chi connectivity index (χ0v) is 21.4. The first-order valence-electron chi connectivity index (χ1n) is 11.5. The van der Waals surface area contributed by atoms with Gasteiger partial charge in [0.25, 0.3) is 5.56 Å². The number of amides is 1. The van der Waals surface area contributed by atoms with Crippen LogP contribution in [0.3, 0.4) is 0 Å². The minimum Gasteiger partial charge on any atom is -0.495 e. The fraction of sp³-hybridized carbons (Fsp3) is 0.103. The van der Waals surface area contributed by atoms with Crippen molar-refractivity contribution in [2.24, 2.45) is 0 Å². The number of pyridine rings is 1. The van der Waals surface area contributed by atoms with Crippen molar-refractivity contribution in [3.63, 3.8) is 0 Å². The molecule has 3 aromatic rings. The summed E-state index contributed by atoms with van der Waals surface area (Å²) in [4.78, 5) is 38.1. The van der Waals surface area contributed by atoms with Gasteiger partial charge in [-0.15, -0.1) is 0 Å². The Morgan fingerprint density at radius 2 is 1.82 bits per heavy atom. The van der Waals surface area contributed by atoms with Crippen LogP contribution in [0.4, 0.5) is 5.69 Å². The van der Waals surface area contributed by atoms with Gasteiger partial charge < -0.3 is 19.9 Å². The van der Waals surface area contributed by atoms with Crippen LogP contribution in [0, 0.1) is 11.3 Å².